The molecule has 27 heavy (non-hydrogen) atoms. The molecular formula is C17H16ClN3O6. The second kappa shape index (κ2) is 6.58. The Morgan fingerprint density at radius 1 is 1.07 bits per heavy atom. The van der Waals surface area contributed by atoms with Crippen LogP contribution >= 0.6 is 11.6 Å². The van der Waals surface area contributed by atoms with Gasteiger partial charge in [0.05, 0.1) is 5.56 Å². The topological polar surface area (TPSA) is 144 Å². The molecule has 1 aromatic carbocycles. The van der Waals surface area contributed by atoms with Gasteiger partial charge >= 0.3 is 17.6 Å². The van der Waals surface area contributed by atoms with Crippen LogP contribution in [0.4, 0.5) is 5.82 Å². The molecule has 3 rings (SSSR count). The van der Waals surface area contributed by atoms with Crippen LogP contribution in [0.5, 0.6) is 0 Å². The van der Waals surface area contributed by atoms with Crippen molar-refractivity contribution < 1.29 is 19.1 Å². The number of carbonyl (C=O) groups is 2. The SMILES string of the molecule is CC1(C)OC(=O)C(C(c2ccccc2Cl)c2c(N)[nH]c(=O)[nH]c2=O)C(=O)O1. The van der Waals surface area contributed by atoms with E-state index in [0.717, 1.165) is 0 Å². The van der Waals surface area contributed by atoms with Gasteiger partial charge in [-0.2, -0.15) is 0 Å². The third kappa shape index (κ3) is 3.45. The van der Waals surface area contributed by atoms with Gasteiger partial charge in [-0.05, 0) is 11.6 Å². The molecule has 0 spiro atoms. The highest BCUT2D eigenvalue weighted by Crippen LogP contribution is 2.40. The molecule has 0 saturated carbocycles. The lowest BCUT2D eigenvalue weighted by molar-refractivity contribution is -0.240. The Morgan fingerprint density at radius 2 is 1.67 bits per heavy atom. The first-order valence-electron chi connectivity index (χ1n) is 7.93. The molecule has 1 atom stereocenters. The summed E-state index contributed by atoms with van der Waals surface area (Å²) in [6.07, 6.45) is 0. The summed E-state index contributed by atoms with van der Waals surface area (Å²) in [7, 11) is 0. The largest absolute Gasteiger partial charge is 0.422 e. The highest BCUT2D eigenvalue weighted by molar-refractivity contribution is 6.31. The number of nitrogens with two attached hydrogens (primary N) is 1. The number of nitrogens with one attached hydrogen (secondary N) is 2. The van der Waals surface area contributed by atoms with Crippen molar-refractivity contribution in [1.82, 2.24) is 9.97 Å². The maximum atomic E-state index is 12.6. The molecule has 9 nitrogen and oxygen atoms in total. The summed E-state index contributed by atoms with van der Waals surface area (Å²) >= 11 is 6.25. The Hall–Kier alpha value is -3.07. The number of nitrogen functional groups attached to an aromatic ring is 1. The fourth-order valence-electron chi connectivity index (χ4n) is 3.05. The van der Waals surface area contributed by atoms with Crippen LogP contribution in [0.25, 0.3) is 0 Å². The summed E-state index contributed by atoms with van der Waals surface area (Å²) in [6.45, 7) is 2.81. The molecule has 1 unspecified atom stereocenters. The Balaban J connectivity index is 2.26. The predicted octanol–water partition coefficient (Wildman–Crippen LogP) is 0.883. The quantitative estimate of drug-likeness (QED) is 0.518. The minimum absolute atomic E-state index is 0.193. The normalized spacial score (nSPS) is 17.9. The van der Waals surface area contributed by atoms with Crippen molar-refractivity contribution in [2.75, 3.05) is 5.73 Å². The van der Waals surface area contributed by atoms with E-state index in [-0.39, 0.29) is 22.0 Å². The van der Waals surface area contributed by atoms with Crippen LogP contribution in [0.2, 0.25) is 5.02 Å². The van der Waals surface area contributed by atoms with Gasteiger partial charge in [-0.3, -0.25) is 24.4 Å². The van der Waals surface area contributed by atoms with E-state index in [0.29, 0.717) is 0 Å². The van der Waals surface area contributed by atoms with Gasteiger partial charge in [0.2, 0.25) is 0 Å². The number of rotatable bonds is 3. The number of esters is 2. The molecule has 0 aliphatic carbocycles. The molecule has 1 aromatic heterocycles. The number of benzene rings is 1. The fourth-order valence-corrected chi connectivity index (χ4v) is 3.31. The number of cyclic esters (lactones) is 2. The zero-order valence-electron chi connectivity index (χ0n) is 14.4. The minimum atomic E-state index is -1.53. The highest BCUT2D eigenvalue weighted by Gasteiger charge is 2.49. The summed E-state index contributed by atoms with van der Waals surface area (Å²) in [4.78, 5) is 53.5. The van der Waals surface area contributed by atoms with Gasteiger partial charge in [0, 0.05) is 24.8 Å². The van der Waals surface area contributed by atoms with E-state index in [9.17, 15) is 19.2 Å². The van der Waals surface area contributed by atoms with E-state index >= 15 is 0 Å². The van der Waals surface area contributed by atoms with Crippen LogP contribution < -0.4 is 17.0 Å². The number of ether oxygens (including phenoxy) is 2. The molecule has 2 heterocycles. The standard InChI is InChI=1S/C17H16ClN3O6/c1-17(2)26-14(23)11(15(24)27-17)9(7-5-3-4-6-8(7)18)10-12(19)20-16(25)21-13(10)22/h3-6,9,11H,1-2H3,(H4,19,20,21,22,25). The Morgan fingerprint density at radius 3 is 2.22 bits per heavy atom. The smallest absolute Gasteiger partial charge is 0.327 e. The third-order valence-electron chi connectivity index (χ3n) is 4.10. The molecule has 1 aliphatic heterocycles. The van der Waals surface area contributed by atoms with Gasteiger partial charge in [0.25, 0.3) is 11.3 Å². The lowest BCUT2D eigenvalue weighted by Gasteiger charge is -2.36. The molecule has 10 heteroatoms. The van der Waals surface area contributed by atoms with Crippen molar-refractivity contribution in [3.8, 4) is 0 Å². The highest BCUT2D eigenvalue weighted by atomic mass is 35.5. The first kappa shape index (κ1) is 18.7. The average Bonchev–Trinajstić information content (AvgIpc) is 2.51. The molecule has 1 aliphatic rings. The summed E-state index contributed by atoms with van der Waals surface area (Å²) < 4.78 is 10.3. The van der Waals surface area contributed by atoms with Crippen LogP contribution in [-0.2, 0) is 19.1 Å². The molecule has 0 amide bonds. The Labute approximate surface area is 157 Å². The second-order valence-electron chi connectivity index (χ2n) is 6.45. The average molecular weight is 394 g/mol. The van der Waals surface area contributed by atoms with E-state index in [1.807, 2.05) is 4.98 Å². The lowest BCUT2D eigenvalue weighted by Crippen LogP contribution is -2.49. The lowest BCUT2D eigenvalue weighted by atomic mass is 9.80. The van der Waals surface area contributed by atoms with Crippen molar-refractivity contribution in [3.05, 3.63) is 61.3 Å². The van der Waals surface area contributed by atoms with E-state index in [4.69, 9.17) is 26.8 Å². The number of anilines is 1. The maximum absolute atomic E-state index is 12.6. The Bertz CT molecular complexity index is 1020. The van der Waals surface area contributed by atoms with Crippen LogP contribution in [0.1, 0.15) is 30.9 Å². The summed E-state index contributed by atoms with van der Waals surface area (Å²) in [5, 5.41) is 0.193. The van der Waals surface area contributed by atoms with Gasteiger partial charge in [-0.25, -0.2) is 4.79 Å². The number of aromatic amines is 2. The Kier molecular flexibility index (Phi) is 4.56. The number of aromatic nitrogens is 2. The van der Waals surface area contributed by atoms with Crippen LogP contribution in [-0.4, -0.2) is 27.7 Å². The number of hydrogen-bond donors (Lipinski definition) is 3. The molecule has 0 radical (unpaired) electrons. The molecular weight excluding hydrogens is 378 g/mol. The molecule has 2 aromatic rings. The van der Waals surface area contributed by atoms with E-state index in [1.54, 1.807) is 12.1 Å². The van der Waals surface area contributed by atoms with Crippen molar-refractivity contribution in [2.45, 2.75) is 25.6 Å². The summed E-state index contributed by atoms with van der Waals surface area (Å²) in [6, 6.07) is 6.33. The number of H-pyrrole nitrogens is 2. The van der Waals surface area contributed by atoms with Gasteiger partial charge in [0.1, 0.15) is 5.82 Å². The number of carbonyl (C=O) groups excluding carboxylic acids is 2. The summed E-state index contributed by atoms with van der Waals surface area (Å²) in [5.74, 6) is -6.29. The van der Waals surface area contributed by atoms with E-state index < -0.39 is 40.8 Å². The molecule has 1 fully saturated rings. The van der Waals surface area contributed by atoms with E-state index in [1.165, 1.54) is 26.0 Å². The molecule has 0 bridgehead atoms. The van der Waals surface area contributed by atoms with Crippen molar-refractivity contribution in [1.29, 1.82) is 0 Å². The monoisotopic (exact) mass is 393 g/mol. The van der Waals surface area contributed by atoms with Gasteiger partial charge in [0.15, 0.2) is 5.92 Å². The summed E-state index contributed by atoms with van der Waals surface area (Å²) in [5.41, 5.74) is 4.25. The maximum Gasteiger partial charge on any atom is 0.327 e. The van der Waals surface area contributed by atoms with Gasteiger partial charge in [-0.15, -0.1) is 0 Å². The van der Waals surface area contributed by atoms with Crippen molar-refractivity contribution in [3.63, 3.8) is 0 Å². The van der Waals surface area contributed by atoms with Crippen molar-refractivity contribution in [2.24, 2.45) is 5.92 Å². The van der Waals surface area contributed by atoms with Gasteiger partial charge < -0.3 is 15.2 Å². The van der Waals surface area contributed by atoms with Crippen LogP contribution in [0.15, 0.2) is 33.9 Å². The number of halogens is 1. The zero-order chi connectivity index (χ0) is 19.9. The first-order valence-corrected chi connectivity index (χ1v) is 8.30. The fraction of sp³-hybridized carbons (Fsp3) is 0.294. The second-order valence-corrected chi connectivity index (χ2v) is 6.86. The zero-order valence-corrected chi connectivity index (χ0v) is 15.1. The number of hydrogen-bond acceptors (Lipinski definition) is 7. The van der Waals surface area contributed by atoms with E-state index in [2.05, 4.69) is 4.98 Å². The predicted molar refractivity (Wildman–Crippen MR) is 95.1 cm³/mol. The molecule has 4 N–H and O–H groups in total. The van der Waals surface area contributed by atoms with Crippen LogP contribution in [0, 0.1) is 5.92 Å². The first-order chi connectivity index (χ1) is 12.6. The molecule has 1 saturated heterocycles. The van der Waals surface area contributed by atoms with Crippen LogP contribution in [0.3, 0.4) is 0 Å². The third-order valence-corrected chi connectivity index (χ3v) is 4.44. The minimum Gasteiger partial charge on any atom is -0.422 e. The van der Waals surface area contributed by atoms with Crippen molar-refractivity contribution >= 4 is 29.4 Å². The van der Waals surface area contributed by atoms with Gasteiger partial charge in [-0.1, -0.05) is 29.8 Å². The molecule has 142 valence electrons.